The van der Waals surface area contributed by atoms with Crippen LogP contribution in [0.15, 0.2) is 54.7 Å². The van der Waals surface area contributed by atoms with Crippen LogP contribution >= 0.6 is 0 Å². The molecule has 0 bridgehead atoms. The summed E-state index contributed by atoms with van der Waals surface area (Å²) in [5.74, 6) is 0.631. The monoisotopic (exact) mass is 499 g/mol. The summed E-state index contributed by atoms with van der Waals surface area (Å²) in [5.41, 5.74) is 7.22. The van der Waals surface area contributed by atoms with E-state index in [9.17, 15) is 5.11 Å². The van der Waals surface area contributed by atoms with Crippen molar-refractivity contribution in [1.82, 2.24) is 25.1 Å². The highest BCUT2D eigenvalue weighted by Crippen LogP contribution is 2.37. The van der Waals surface area contributed by atoms with Crippen LogP contribution < -0.4 is 15.5 Å². The second-order valence-corrected chi connectivity index (χ2v) is 9.95. The Labute approximate surface area is 216 Å². The van der Waals surface area contributed by atoms with Crippen LogP contribution in [-0.2, 0) is 4.74 Å². The first-order valence-electron chi connectivity index (χ1n) is 12.9. The summed E-state index contributed by atoms with van der Waals surface area (Å²) in [6, 6.07) is 16.5. The Kier molecular flexibility index (Phi) is 6.10. The molecule has 192 valence electrons. The van der Waals surface area contributed by atoms with Crippen LogP contribution in [-0.4, -0.2) is 57.4 Å². The van der Waals surface area contributed by atoms with Gasteiger partial charge in [0, 0.05) is 42.3 Å². The number of hydrogen-bond donors (Lipinski definition) is 4. The van der Waals surface area contributed by atoms with Crippen LogP contribution in [0.5, 0.6) is 0 Å². The van der Waals surface area contributed by atoms with E-state index in [0.717, 1.165) is 65.7 Å². The fraction of sp³-hybridized carbons (Fsp3) is 0.357. The van der Waals surface area contributed by atoms with Gasteiger partial charge >= 0.3 is 0 Å². The van der Waals surface area contributed by atoms with Crippen molar-refractivity contribution in [3.63, 3.8) is 0 Å². The first kappa shape index (κ1) is 23.6. The predicted molar refractivity (Wildman–Crippen MR) is 146 cm³/mol. The van der Waals surface area contributed by atoms with Crippen molar-refractivity contribution in [1.29, 1.82) is 0 Å². The fourth-order valence-corrected chi connectivity index (χ4v) is 5.04. The second kappa shape index (κ2) is 9.57. The number of imidazole rings is 1. The van der Waals surface area contributed by atoms with E-state index in [-0.39, 0.29) is 12.1 Å². The van der Waals surface area contributed by atoms with Crippen molar-refractivity contribution in [3.05, 3.63) is 71.8 Å². The molecule has 0 spiro atoms. The molecule has 0 aliphatic carbocycles. The number of para-hydroxylation sites is 1. The molecule has 1 unspecified atom stereocenters. The number of ether oxygens (including phenoxy) is 1. The largest absolute Gasteiger partial charge is 0.378 e. The lowest BCUT2D eigenvalue weighted by Crippen LogP contribution is -2.36. The number of nitrogens with zero attached hydrogens (tertiary/aromatic N) is 4. The molecule has 0 radical (unpaired) electrons. The van der Waals surface area contributed by atoms with Gasteiger partial charge in [-0.1, -0.05) is 18.2 Å². The maximum absolute atomic E-state index is 11.3. The number of fused-ring (bicyclic) bond motifs is 2. The lowest BCUT2D eigenvalue weighted by molar-refractivity contribution is 0.122. The molecule has 0 amide bonds. The molecule has 4 aromatic rings. The van der Waals surface area contributed by atoms with Gasteiger partial charge in [0.2, 0.25) is 0 Å². The van der Waals surface area contributed by atoms with E-state index in [1.807, 2.05) is 41.2 Å². The Morgan fingerprint density at radius 2 is 1.89 bits per heavy atom. The minimum absolute atomic E-state index is 0.0827. The molecule has 9 heteroatoms. The molecule has 1 saturated heterocycles. The van der Waals surface area contributed by atoms with Gasteiger partial charge in [-0.3, -0.25) is 4.68 Å². The molecule has 0 saturated carbocycles. The number of aromatic amines is 1. The maximum atomic E-state index is 11.3. The Hall–Kier alpha value is -3.82. The third kappa shape index (κ3) is 4.45. The molecule has 2 aromatic carbocycles. The molecule has 1 fully saturated rings. The van der Waals surface area contributed by atoms with E-state index < -0.39 is 6.23 Å². The molecule has 2 aliphatic rings. The Morgan fingerprint density at radius 1 is 1.08 bits per heavy atom. The SMILES string of the molecule is CC(C)n1ccc([C@@H](C)NC2=C(c3nc4ccc(N5CCOCC5)cc4[nH]3)C(O)Nc3ccccc32)n1. The van der Waals surface area contributed by atoms with Crippen LogP contribution in [0, 0.1) is 0 Å². The van der Waals surface area contributed by atoms with Crippen LogP contribution in [0.2, 0.25) is 0 Å². The molecule has 4 heterocycles. The summed E-state index contributed by atoms with van der Waals surface area (Å²) >= 11 is 0. The highest BCUT2D eigenvalue weighted by atomic mass is 16.5. The number of nitrogens with one attached hydrogen (secondary N) is 3. The molecule has 4 N–H and O–H groups in total. The van der Waals surface area contributed by atoms with Crippen LogP contribution in [0.1, 0.15) is 49.9 Å². The minimum atomic E-state index is -0.933. The summed E-state index contributed by atoms with van der Waals surface area (Å²) in [5, 5.41) is 22.9. The van der Waals surface area contributed by atoms with Gasteiger partial charge in [0.1, 0.15) is 5.82 Å². The second-order valence-electron chi connectivity index (χ2n) is 9.95. The van der Waals surface area contributed by atoms with E-state index in [2.05, 4.69) is 59.5 Å². The first-order valence-corrected chi connectivity index (χ1v) is 12.9. The molecule has 2 aromatic heterocycles. The van der Waals surface area contributed by atoms with Gasteiger partial charge in [-0.05, 0) is 51.1 Å². The minimum Gasteiger partial charge on any atom is -0.378 e. The number of rotatable bonds is 6. The van der Waals surface area contributed by atoms with Crippen molar-refractivity contribution < 1.29 is 9.84 Å². The Bertz CT molecular complexity index is 1450. The van der Waals surface area contributed by atoms with E-state index in [0.29, 0.717) is 11.4 Å². The number of aliphatic hydroxyl groups is 1. The normalized spacial score (nSPS) is 18.7. The zero-order chi connectivity index (χ0) is 25.5. The summed E-state index contributed by atoms with van der Waals surface area (Å²) < 4.78 is 7.46. The molecule has 2 aliphatic heterocycles. The molecule has 6 rings (SSSR count). The number of aliphatic hydroxyl groups excluding tert-OH is 1. The van der Waals surface area contributed by atoms with Gasteiger partial charge in [0.05, 0.1) is 47.3 Å². The van der Waals surface area contributed by atoms with E-state index in [1.165, 1.54) is 0 Å². The van der Waals surface area contributed by atoms with Crippen molar-refractivity contribution in [2.45, 2.75) is 39.1 Å². The maximum Gasteiger partial charge on any atom is 0.156 e. The topological polar surface area (TPSA) is 103 Å². The number of benzene rings is 2. The third-order valence-corrected chi connectivity index (χ3v) is 7.09. The van der Waals surface area contributed by atoms with Crippen LogP contribution in [0.4, 0.5) is 11.4 Å². The van der Waals surface area contributed by atoms with Gasteiger partial charge in [-0.2, -0.15) is 5.10 Å². The molecular formula is C28H33N7O2. The average Bonchev–Trinajstić information content (AvgIpc) is 3.56. The molecule has 37 heavy (non-hydrogen) atoms. The first-order chi connectivity index (χ1) is 18.0. The molecule has 9 nitrogen and oxygen atoms in total. The van der Waals surface area contributed by atoms with Gasteiger partial charge < -0.3 is 30.4 Å². The standard InChI is InChI=1S/C28H33N7O2/c1-17(2)35-11-10-21(33-35)18(3)29-26-20-6-4-5-7-22(20)32-28(36)25(26)27-30-23-9-8-19(16-24(23)31-27)34-12-14-37-15-13-34/h4-11,16-18,28-29,32,36H,12-15H2,1-3H3,(H,30,31)/t18-,28?/m1/s1. The van der Waals surface area contributed by atoms with E-state index in [1.54, 1.807) is 0 Å². The molecular weight excluding hydrogens is 466 g/mol. The third-order valence-electron chi connectivity index (χ3n) is 7.09. The number of hydrogen-bond acceptors (Lipinski definition) is 7. The zero-order valence-corrected chi connectivity index (χ0v) is 21.4. The highest BCUT2D eigenvalue weighted by molar-refractivity contribution is 5.98. The summed E-state index contributed by atoms with van der Waals surface area (Å²) in [7, 11) is 0. The van der Waals surface area contributed by atoms with E-state index in [4.69, 9.17) is 14.8 Å². The van der Waals surface area contributed by atoms with Gasteiger partial charge in [0.25, 0.3) is 0 Å². The quantitative estimate of drug-likeness (QED) is 0.316. The van der Waals surface area contributed by atoms with Gasteiger partial charge in [0.15, 0.2) is 6.23 Å². The summed E-state index contributed by atoms with van der Waals surface area (Å²) in [4.78, 5) is 10.7. The lowest BCUT2D eigenvalue weighted by atomic mass is 9.97. The van der Waals surface area contributed by atoms with E-state index >= 15 is 0 Å². The van der Waals surface area contributed by atoms with Crippen molar-refractivity contribution in [3.8, 4) is 0 Å². The van der Waals surface area contributed by atoms with Crippen molar-refractivity contribution >= 4 is 33.7 Å². The highest BCUT2D eigenvalue weighted by Gasteiger charge is 2.30. The predicted octanol–water partition coefficient (Wildman–Crippen LogP) is 4.14. The van der Waals surface area contributed by atoms with Gasteiger partial charge in [-0.15, -0.1) is 0 Å². The smallest absolute Gasteiger partial charge is 0.156 e. The van der Waals surface area contributed by atoms with Crippen molar-refractivity contribution in [2.75, 3.05) is 36.5 Å². The Morgan fingerprint density at radius 3 is 2.68 bits per heavy atom. The summed E-state index contributed by atoms with van der Waals surface area (Å²) in [6.07, 6.45) is 1.07. The fourth-order valence-electron chi connectivity index (χ4n) is 5.04. The average molecular weight is 500 g/mol. The van der Waals surface area contributed by atoms with Crippen LogP contribution in [0.25, 0.3) is 22.3 Å². The number of H-pyrrole nitrogens is 1. The summed E-state index contributed by atoms with van der Waals surface area (Å²) in [6.45, 7) is 9.52. The van der Waals surface area contributed by atoms with Crippen LogP contribution in [0.3, 0.4) is 0 Å². The number of anilines is 2. The zero-order valence-electron chi connectivity index (χ0n) is 21.4. The number of aromatic nitrogens is 4. The van der Waals surface area contributed by atoms with Crippen molar-refractivity contribution in [2.24, 2.45) is 0 Å². The molecule has 2 atom stereocenters. The number of morpholine rings is 1. The van der Waals surface area contributed by atoms with Gasteiger partial charge in [-0.25, -0.2) is 4.98 Å². The Balaban J connectivity index is 1.41. The lowest BCUT2D eigenvalue weighted by Gasteiger charge is -2.30.